The minimum absolute atomic E-state index is 0.112. The van der Waals surface area contributed by atoms with Crippen LogP contribution in [-0.2, 0) is 4.79 Å². The molecule has 1 aromatic rings. The number of aliphatic hydroxyl groups excluding tert-OH is 1. The van der Waals surface area contributed by atoms with E-state index in [2.05, 4.69) is 5.32 Å². The largest absolute Gasteiger partial charge is 0.390 e. The molecule has 9 heteroatoms. The second-order valence-electron chi connectivity index (χ2n) is 6.18. The molecule has 2 N–H and O–H groups in total. The predicted octanol–water partition coefficient (Wildman–Crippen LogP) is 0.357. The molecule has 0 spiro atoms. The molecule has 25 heavy (non-hydrogen) atoms. The summed E-state index contributed by atoms with van der Waals surface area (Å²) in [5.41, 5.74) is -0.628. The Bertz CT molecular complexity index is 670. The first kappa shape index (κ1) is 19.2. The van der Waals surface area contributed by atoms with Gasteiger partial charge in [-0.3, -0.25) is 14.5 Å². The van der Waals surface area contributed by atoms with Crippen molar-refractivity contribution >= 4 is 11.8 Å². The van der Waals surface area contributed by atoms with E-state index in [0.29, 0.717) is 19.0 Å². The Morgan fingerprint density at radius 3 is 2.56 bits per heavy atom. The number of benzene rings is 1. The number of likely N-dealkylation sites (N-methyl/N-ethyl adjacent to an activating group) is 1. The second-order valence-corrected chi connectivity index (χ2v) is 6.18. The highest BCUT2D eigenvalue weighted by Gasteiger charge is 2.31. The first-order valence-electron chi connectivity index (χ1n) is 7.75. The molecule has 2 rings (SSSR count). The van der Waals surface area contributed by atoms with E-state index in [0.717, 1.165) is 6.07 Å². The van der Waals surface area contributed by atoms with Crippen molar-refractivity contribution in [3.63, 3.8) is 0 Å². The van der Waals surface area contributed by atoms with Crippen LogP contribution >= 0.6 is 0 Å². The third-order valence-electron chi connectivity index (χ3n) is 4.12. The Kier molecular flexibility index (Phi) is 6.02. The second kappa shape index (κ2) is 7.83. The normalized spacial score (nSPS) is 21.0. The van der Waals surface area contributed by atoms with E-state index in [1.165, 1.54) is 4.90 Å². The van der Waals surface area contributed by atoms with Crippen LogP contribution < -0.4 is 5.32 Å². The lowest BCUT2D eigenvalue weighted by atomic mass is 10.0. The summed E-state index contributed by atoms with van der Waals surface area (Å²) >= 11 is 0. The summed E-state index contributed by atoms with van der Waals surface area (Å²) in [6.07, 6.45) is -0.639. The van der Waals surface area contributed by atoms with E-state index < -0.39 is 41.1 Å². The summed E-state index contributed by atoms with van der Waals surface area (Å²) in [4.78, 5) is 26.9. The Hall–Kier alpha value is -2.13. The molecule has 1 aliphatic heterocycles. The van der Waals surface area contributed by atoms with Crippen LogP contribution in [0.1, 0.15) is 16.8 Å². The number of carbonyl (C=O) groups excluding carboxylic acids is 2. The zero-order valence-corrected chi connectivity index (χ0v) is 13.9. The summed E-state index contributed by atoms with van der Waals surface area (Å²) in [5.74, 6) is -5.71. The summed E-state index contributed by atoms with van der Waals surface area (Å²) in [6, 6.07) is 0.838. The van der Waals surface area contributed by atoms with Crippen LogP contribution in [0.25, 0.3) is 0 Å². The zero-order valence-electron chi connectivity index (χ0n) is 13.9. The number of likely N-dealkylation sites (tertiary alicyclic amines) is 1. The van der Waals surface area contributed by atoms with Crippen LogP contribution in [0.4, 0.5) is 13.2 Å². The number of halogens is 3. The van der Waals surface area contributed by atoms with Crippen LogP contribution in [0, 0.1) is 17.5 Å². The molecule has 0 aromatic heterocycles. The SMILES string of the molecule is CN(C)C(=O)CN1CC[C@@H](NC(=O)c2ccc(F)c(F)c2F)[C@H](O)C1. The quantitative estimate of drug-likeness (QED) is 0.762. The number of aliphatic hydroxyl groups is 1. The van der Waals surface area contributed by atoms with E-state index in [1.54, 1.807) is 19.0 Å². The number of piperidine rings is 1. The number of hydrogen-bond acceptors (Lipinski definition) is 4. The fourth-order valence-corrected chi connectivity index (χ4v) is 2.59. The van der Waals surface area contributed by atoms with Gasteiger partial charge in [0.25, 0.3) is 5.91 Å². The van der Waals surface area contributed by atoms with Crippen molar-refractivity contribution in [2.45, 2.75) is 18.6 Å². The van der Waals surface area contributed by atoms with Crippen LogP contribution in [0.2, 0.25) is 0 Å². The summed E-state index contributed by atoms with van der Waals surface area (Å²) in [6.45, 7) is 0.745. The smallest absolute Gasteiger partial charge is 0.254 e. The molecule has 6 nitrogen and oxygen atoms in total. The molecule has 2 amide bonds. The topological polar surface area (TPSA) is 72.9 Å². The fraction of sp³-hybridized carbons (Fsp3) is 0.500. The number of hydrogen-bond donors (Lipinski definition) is 2. The molecule has 0 bridgehead atoms. The van der Waals surface area contributed by atoms with Gasteiger partial charge in [-0.05, 0) is 18.6 Å². The van der Waals surface area contributed by atoms with Gasteiger partial charge in [0.1, 0.15) is 0 Å². The summed E-state index contributed by atoms with van der Waals surface area (Å²) < 4.78 is 39.8. The van der Waals surface area contributed by atoms with Crippen LogP contribution in [0.5, 0.6) is 0 Å². The predicted molar refractivity (Wildman–Crippen MR) is 83.3 cm³/mol. The standard InChI is InChI=1S/C16H20F3N3O3/c1-21(2)13(24)8-22-6-5-11(12(23)7-22)20-16(25)9-3-4-10(17)15(19)14(9)18/h3-4,11-12,23H,5-8H2,1-2H3,(H,20,25)/t11-,12-/m1/s1. The number of rotatable bonds is 4. The molecule has 1 aliphatic rings. The lowest BCUT2D eigenvalue weighted by Gasteiger charge is -2.36. The average Bonchev–Trinajstić information content (AvgIpc) is 2.55. The number of β-amino-alcohol motifs (C(OH)–C–C–N with tert-alkyl or cyclic N) is 1. The Morgan fingerprint density at radius 2 is 1.96 bits per heavy atom. The average molecular weight is 359 g/mol. The van der Waals surface area contributed by atoms with E-state index in [9.17, 15) is 27.9 Å². The first-order chi connectivity index (χ1) is 11.7. The first-order valence-corrected chi connectivity index (χ1v) is 7.75. The van der Waals surface area contributed by atoms with Gasteiger partial charge < -0.3 is 15.3 Å². The van der Waals surface area contributed by atoms with Crippen molar-refractivity contribution in [3.05, 3.63) is 35.1 Å². The van der Waals surface area contributed by atoms with Crippen molar-refractivity contribution < 1.29 is 27.9 Å². The molecule has 1 heterocycles. The third-order valence-corrected chi connectivity index (χ3v) is 4.12. The molecule has 138 valence electrons. The van der Waals surface area contributed by atoms with E-state index >= 15 is 0 Å². The highest BCUT2D eigenvalue weighted by atomic mass is 19.2. The highest BCUT2D eigenvalue weighted by Crippen LogP contribution is 2.17. The van der Waals surface area contributed by atoms with Gasteiger partial charge in [-0.15, -0.1) is 0 Å². The van der Waals surface area contributed by atoms with Gasteiger partial charge in [0.05, 0.1) is 24.3 Å². The third kappa shape index (κ3) is 4.49. The molecule has 0 unspecified atom stereocenters. The van der Waals surface area contributed by atoms with Crippen LogP contribution in [0.15, 0.2) is 12.1 Å². The number of nitrogens with one attached hydrogen (secondary N) is 1. The number of amides is 2. The molecule has 0 saturated carbocycles. The van der Waals surface area contributed by atoms with Crippen molar-refractivity contribution in [2.24, 2.45) is 0 Å². The van der Waals surface area contributed by atoms with Crippen molar-refractivity contribution in [1.29, 1.82) is 0 Å². The van der Waals surface area contributed by atoms with Gasteiger partial charge in [-0.1, -0.05) is 0 Å². The van der Waals surface area contributed by atoms with Gasteiger partial charge in [0.2, 0.25) is 5.91 Å². The number of nitrogens with zero attached hydrogens (tertiary/aromatic N) is 2. The zero-order chi connectivity index (χ0) is 18.7. The van der Waals surface area contributed by atoms with E-state index in [1.807, 2.05) is 0 Å². The van der Waals surface area contributed by atoms with E-state index in [4.69, 9.17) is 0 Å². The molecule has 1 fully saturated rings. The van der Waals surface area contributed by atoms with Crippen molar-refractivity contribution in [2.75, 3.05) is 33.7 Å². The summed E-state index contributed by atoms with van der Waals surface area (Å²) in [7, 11) is 3.25. The molecular weight excluding hydrogens is 339 g/mol. The fourth-order valence-electron chi connectivity index (χ4n) is 2.59. The maximum Gasteiger partial charge on any atom is 0.254 e. The van der Waals surface area contributed by atoms with Gasteiger partial charge >= 0.3 is 0 Å². The van der Waals surface area contributed by atoms with E-state index in [-0.39, 0.29) is 19.0 Å². The van der Waals surface area contributed by atoms with Crippen LogP contribution in [-0.4, -0.2) is 72.6 Å². The lowest BCUT2D eigenvalue weighted by molar-refractivity contribution is -0.130. The molecule has 2 atom stereocenters. The molecule has 0 aliphatic carbocycles. The van der Waals surface area contributed by atoms with Gasteiger partial charge in [0.15, 0.2) is 17.5 Å². The lowest BCUT2D eigenvalue weighted by Crippen LogP contribution is -2.55. The molecule has 0 radical (unpaired) electrons. The van der Waals surface area contributed by atoms with Crippen LogP contribution in [0.3, 0.4) is 0 Å². The van der Waals surface area contributed by atoms with Gasteiger partial charge in [-0.25, -0.2) is 13.2 Å². The maximum atomic E-state index is 13.7. The van der Waals surface area contributed by atoms with Gasteiger partial charge in [-0.2, -0.15) is 0 Å². The summed E-state index contributed by atoms with van der Waals surface area (Å²) in [5, 5.41) is 12.6. The minimum atomic E-state index is -1.72. The highest BCUT2D eigenvalue weighted by molar-refractivity contribution is 5.94. The molecular formula is C16H20F3N3O3. The maximum absolute atomic E-state index is 13.7. The Labute approximate surface area is 143 Å². The molecule has 1 aromatic carbocycles. The van der Waals surface area contributed by atoms with Crippen molar-refractivity contribution in [1.82, 2.24) is 15.1 Å². The Morgan fingerprint density at radius 1 is 1.28 bits per heavy atom. The monoisotopic (exact) mass is 359 g/mol. The van der Waals surface area contributed by atoms with Gasteiger partial charge in [0, 0.05) is 27.2 Å². The van der Waals surface area contributed by atoms with Crippen molar-refractivity contribution in [3.8, 4) is 0 Å². The Balaban J connectivity index is 1.97. The number of carbonyl (C=O) groups is 2. The minimum Gasteiger partial charge on any atom is -0.390 e. The molecule has 1 saturated heterocycles.